The number of thioether (sulfide) groups is 1. The van der Waals surface area contributed by atoms with Crippen molar-refractivity contribution >= 4 is 46.7 Å². The van der Waals surface area contributed by atoms with E-state index in [9.17, 15) is 4.79 Å². The summed E-state index contributed by atoms with van der Waals surface area (Å²) in [7, 11) is 0. The van der Waals surface area contributed by atoms with Crippen LogP contribution >= 0.6 is 35.0 Å². The van der Waals surface area contributed by atoms with Gasteiger partial charge in [-0.2, -0.15) is 4.98 Å². The lowest BCUT2D eigenvalue weighted by atomic mass is 9.81. The molecule has 4 rings (SSSR count). The summed E-state index contributed by atoms with van der Waals surface area (Å²) in [5.74, 6) is 0.537. The zero-order chi connectivity index (χ0) is 16.8. The van der Waals surface area contributed by atoms with Crippen LogP contribution in [0.4, 0.5) is 5.95 Å². The number of hydrogen-bond donors (Lipinski definition) is 1. The third kappa shape index (κ3) is 2.53. The predicted molar refractivity (Wildman–Crippen MR) is 95.8 cm³/mol. The summed E-state index contributed by atoms with van der Waals surface area (Å²) in [6, 6.07) is 5.19. The Bertz CT molecular complexity index is 864. The zero-order valence-corrected chi connectivity index (χ0v) is 15.1. The smallest absolute Gasteiger partial charge is 0.227 e. The van der Waals surface area contributed by atoms with E-state index in [0.717, 1.165) is 17.7 Å². The maximum atomic E-state index is 12.6. The van der Waals surface area contributed by atoms with E-state index in [1.165, 1.54) is 11.8 Å². The van der Waals surface area contributed by atoms with Gasteiger partial charge in [-0.25, -0.2) is 4.68 Å². The van der Waals surface area contributed by atoms with Gasteiger partial charge < -0.3 is 5.32 Å². The molecule has 1 aromatic carbocycles. The molecule has 24 heavy (non-hydrogen) atoms. The molecule has 1 aliphatic carbocycles. The van der Waals surface area contributed by atoms with Crippen molar-refractivity contribution in [2.45, 2.75) is 24.0 Å². The van der Waals surface area contributed by atoms with Crippen LogP contribution in [-0.2, 0) is 4.79 Å². The van der Waals surface area contributed by atoms with E-state index >= 15 is 0 Å². The molecule has 1 aliphatic heterocycles. The molecule has 2 aromatic rings. The number of halogens is 2. The Labute approximate surface area is 153 Å². The van der Waals surface area contributed by atoms with Crippen molar-refractivity contribution < 1.29 is 4.79 Å². The van der Waals surface area contributed by atoms with Gasteiger partial charge in [0, 0.05) is 12.1 Å². The minimum atomic E-state index is -0.306. The number of Topliss-reactive ketones (excluding diaryl/α,β-unsaturated/α-hetero) is 1. The van der Waals surface area contributed by atoms with E-state index < -0.39 is 0 Å². The van der Waals surface area contributed by atoms with E-state index in [-0.39, 0.29) is 17.7 Å². The lowest BCUT2D eigenvalue weighted by Gasteiger charge is -2.36. The Hall–Kier alpha value is -1.50. The predicted octanol–water partition coefficient (Wildman–Crippen LogP) is 4.18. The second-order valence-corrected chi connectivity index (χ2v) is 7.34. The molecule has 0 saturated heterocycles. The quantitative estimate of drug-likeness (QED) is 0.791. The normalized spacial score (nSPS) is 22.5. The minimum absolute atomic E-state index is 0.197. The Morgan fingerprint density at radius 1 is 1.33 bits per heavy atom. The Morgan fingerprint density at radius 3 is 2.92 bits per heavy atom. The van der Waals surface area contributed by atoms with E-state index in [2.05, 4.69) is 21.5 Å². The van der Waals surface area contributed by atoms with Crippen LogP contribution in [0.2, 0.25) is 10.0 Å². The van der Waals surface area contributed by atoms with Crippen LogP contribution in [0.5, 0.6) is 0 Å². The van der Waals surface area contributed by atoms with Crippen LogP contribution in [0.1, 0.15) is 24.4 Å². The van der Waals surface area contributed by atoms with Gasteiger partial charge in [-0.1, -0.05) is 47.1 Å². The topological polar surface area (TPSA) is 59.8 Å². The average Bonchev–Trinajstić information content (AvgIpc) is 2.98. The lowest BCUT2D eigenvalue weighted by Crippen LogP contribution is -2.38. The third-order valence-corrected chi connectivity index (χ3v) is 5.63. The van der Waals surface area contributed by atoms with Crippen molar-refractivity contribution in [2.75, 3.05) is 11.6 Å². The van der Waals surface area contributed by atoms with E-state index in [4.69, 9.17) is 23.2 Å². The molecular weight excluding hydrogens is 367 g/mol. The molecule has 0 bridgehead atoms. The molecule has 0 amide bonds. The molecule has 124 valence electrons. The summed E-state index contributed by atoms with van der Waals surface area (Å²) >= 11 is 13.7. The molecule has 0 unspecified atom stereocenters. The number of fused-ring (bicyclic) bond motifs is 2. The first-order valence-electron chi connectivity index (χ1n) is 7.53. The van der Waals surface area contributed by atoms with E-state index in [1.54, 1.807) is 10.7 Å². The summed E-state index contributed by atoms with van der Waals surface area (Å²) in [5.41, 5.74) is 1.80. The molecule has 2 aliphatic rings. The number of benzene rings is 1. The molecule has 1 aromatic heterocycles. The SMILES string of the molecule is CSc1nc2n(n1)[C@H](c1ccc(Cl)c(Cl)c1)[C@H]1C(=O)CCC=C1N2. The summed E-state index contributed by atoms with van der Waals surface area (Å²) in [6.45, 7) is 0. The highest BCUT2D eigenvalue weighted by molar-refractivity contribution is 7.98. The molecule has 5 nitrogen and oxygen atoms in total. The standard InChI is InChI=1S/C16H14Cl2N4OS/c1-24-16-20-15-19-11-3-2-4-12(23)13(11)14(22(15)21-16)8-5-6-9(17)10(18)7-8/h3,5-7,13-14H,2,4H2,1H3,(H,19,20,21)/t13-,14-/m1/s1. The van der Waals surface area contributed by atoms with Crippen molar-refractivity contribution in [2.24, 2.45) is 5.92 Å². The first-order valence-corrected chi connectivity index (χ1v) is 9.52. The van der Waals surface area contributed by atoms with Crippen LogP contribution in [-0.4, -0.2) is 26.8 Å². The molecular formula is C16H14Cl2N4OS. The highest BCUT2D eigenvalue weighted by Crippen LogP contribution is 2.42. The molecule has 8 heteroatoms. The molecule has 0 spiro atoms. The van der Waals surface area contributed by atoms with Gasteiger partial charge in [0.15, 0.2) is 0 Å². The highest BCUT2D eigenvalue weighted by atomic mass is 35.5. The maximum absolute atomic E-state index is 12.6. The van der Waals surface area contributed by atoms with Crippen molar-refractivity contribution in [1.29, 1.82) is 0 Å². The number of carbonyl (C=O) groups excluding carboxylic acids is 1. The highest BCUT2D eigenvalue weighted by Gasteiger charge is 2.41. The van der Waals surface area contributed by atoms with Gasteiger partial charge in [-0.3, -0.25) is 4.79 Å². The number of anilines is 1. The van der Waals surface area contributed by atoms with Crippen LogP contribution in [0.15, 0.2) is 35.1 Å². The van der Waals surface area contributed by atoms with Gasteiger partial charge in [0.2, 0.25) is 11.1 Å². The molecule has 1 N–H and O–H groups in total. The number of aromatic nitrogens is 3. The Morgan fingerprint density at radius 2 is 2.17 bits per heavy atom. The van der Waals surface area contributed by atoms with Crippen molar-refractivity contribution in [3.63, 3.8) is 0 Å². The molecule has 2 atom stereocenters. The fourth-order valence-electron chi connectivity index (χ4n) is 3.27. The summed E-state index contributed by atoms with van der Waals surface area (Å²) in [4.78, 5) is 17.1. The van der Waals surface area contributed by atoms with Crippen molar-refractivity contribution in [1.82, 2.24) is 14.8 Å². The second kappa shape index (κ2) is 6.10. The third-order valence-electron chi connectivity index (χ3n) is 4.35. The molecule has 0 saturated carbocycles. The number of nitrogens with one attached hydrogen (secondary N) is 1. The first kappa shape index (κ1) is 16.0. The van der Waals surface area contributed by atoms with Gasteiger partial charge in [0.25, 0.3) is 0 Å². The Balaban J connectivity index is 1.91. The molecule has 0 fully saturated rings. The number of hydrogen-bond acceptors (Lipinski definition) is 5. The summed E-state index contributed by atoms with van der Waals surface area (Å²) in [6.07, 6.45) is 5.28. The average molecular weight is 381 g/mol. The summed E-state index contributed by atoms with van der Waals surface area (Å²) < 4.78 is 1.79. The number of ketones is 1. The lowest BCUT2D eigenvalue weighted by molar-refractivity contribution is -0.123. The summed E-state index contributed by atoms with van der Waals surface area (Å²) in [5, 5.41) is 9.44. The van der Waals surface area contributed by atoms with E-state index in [0.29, 0.717) is 27.6 Å². The first-order chi connectivity index (χ1) is 11.6. The Kier molecular flexibility index (Phi) is 4.06. The fraction of sp³-hybridized carbons (Fsp3) is 0.312. The van der Waals surface area contributed by atoms with Gasteiger partial charge in [-0.05, 0) is 30.4 Å². The molecule has 0 radical (unpaired) electrons. The van der Waals surface area contributed by atoms with Crippen LogP contribution in [0.3, 0.4) is 0 Å². The monoisotopic (exact) mass is 380 g/mol. The fourth-order valence-corrected chi connectivity index (χ4v) is 3.92. The van der Waals surface area contributed by atoms with Gasteiger partial charge in [0.05, 0.1) is 22.0 Å². The number of nitrogens with zero attached hydrogens (tertiary/aromatic N) is 3. The van der Waals surface area contributed by atoms with Crippen LogP contribution < -0.4 is 5.32 Å². The van der Waals surface area contributed by atoms with Crippen molar-refractivity contribution in [3.05, 3.63) is 45.6 Å². The molecule has 2 heterocycles. The van der Waals surface area contributed by atoms with E-state index in [1.807, 2.05) is 18.4 Å². The maximum Gasteiger partial charge on any atom is 0.227 e. The number of carbonyl (C=O) groups is 1. The number of allylic oxidation sites excluding steroid dienone is 2. The van der Waals surface area contributed by atoms with Gasteiger partial charge in [-0.15, -0.1) is 5.10 Å². The second-order valence-electron chi connectivity index (χ2n) is 5.75. The largest absolute Gasteiger partial charge is 0.328 e. The minimum Gasteiger partial charge on any atom is -0.328 e. The van der Waals surface area contributed by atoms with Gasteiger partial charge in [0.1, 0.15) is 5.78 Å². The van der Waals surface area contributed by atoms with Crippen molar-refractivity contribution in [3.8, 4) is 0 Å². The van der Waals surface area contributed by atoms with Crippen LogP contribution in [0, 0.1) is 5.92 Å². The zero-order valence-electron chi connectivity index (χ0n) is 12.8. The van der Waals surface area contributed by atoms with Gasteiger partial charge >= 0.3 is 0 Å². The van der Waals surface area contributed by atoms with Crippen LogP contribution in [0.25, 0.3) is 0 Å². The number of rotatable bonds is 2.